The molecule has 0 aliphatic carbocycles. The summed E-state index contributed by atoms with van der Waals surface area (Å²) in [6.07, 6.45) is 1.28. The van der Waals surface area contributed by atoms with E-state index < -0.39 is 0 Å². The SMILES string of the molecule is CC(C)C1CCN(C(CN)c2ccccc2Cl)C1. The van der Waals surface area contributed by atoms with Crippen LogP contribution in [0, 0.1) is 11.8 Å². The number of likely N-dealkylation sites (tertiary alicyclic amines) is 1. The van der Waals surface area contributed by atoms with E-state index in [0.29, 0.717) is 6.54 Å². The molecule has 2 atom stereocenters. The Morgan fingerprint density at radius 2 is 2.11 bits per heavy atom. The number of nitrogens with two attached hydrogens (primary N) is 1. The molecule has 1 aliphatic heterocycles. The van der Waals surface area contributed by atoms with E-state index in [1.165, 1.54) is 12.0 Å². The first kappa shape index (κ1) is 13.9. The number of hydrogen-bond donors (Lipinski definition) is 1. The molecule has 2 unspecified atom stereocenters. The summed E-state index contributed by atoms with van der Waals surface area (Å²) in [4.78, 5) is 2.49. The average Bonchev–Trinajstić information content (AvgIpc) is 2.82. The molecular weight excluding hydrogens is 244 g/mol. The van der Waals surface area contributed by atoms with Gasteiger partial charge in [-0.3, -0.25) is 4.90 Å². The van der Waals surface area contributed by atoms with Crippen molar-refractivity contribution in [3.05, 3.63) is 34.9 Å². The van der Waals surface area contributed by atoms with E-state index in [0.717, 1.165) is 29.9 Å². The summed E-state index contributed by atoms with van der Waals surface area (Å²) in [7, 11) is 0. The number of benzene rings is 1. The Morgan fingerprint density at radius 1 is 1.39 bits per heavy atom. The molecule has 1 aromatic carbocycles. The molecule has 0 spiro atoms. The van der Waals surface area contributed by atoms with Crippen molar-refractivity contribution in [2.45, 2.75) is 26.3 Å². The van der Waals surface area contributed by atoms with Crippen LogP contribution in [0.25, 0.3) is 0 Å². The minimum absolute atomic E-state index is 0.266. The molecular formula is C15H23ClN2. The van der Waals surface area contributed by atoms with Gasteiger partial charge >= 0.3 is 0 Å². The number of hydrogen-bond acceptors (Lipinski definition) is 2. The van der Waals surface area contributed by atoms with Gasteiger partial charge < -0.3 is 5.73 Å². The predicted molar refractivity (Wildman–Crippen MR) is 77.8 cm³/mol. The van der Waals surface area contributed by atoms with Crippen LogP contribution in [0.1, 0.15) is 31.9 Å². The van der Waals surface area contributed by atoms with Crippen LogP contribution in [-0.2, 0) is 0 Å². The van der Waals surface area contributed by atoms with Crippen molar-refractivity contribution >= 4 is 11.6 Å². The van der Waals surface area contributed by atoms with Crippen LogP contribution in [0.5, 0.6) is 0 Å². The molecule has 0 amide bonds. The van der Waals surface area contributed by atoms with Gasteiger partial charge in [0.2, 0.25) is 0 Å². The molecule has 3 heteroatoms. The number of halogens is 1. The van der Waals surface area contributed by atoms with E-state index in [2.05, 4.69) is 24.8 Å². The second-order valence-electron chi connectivity index (χ2n) is 5.56. The van der Waals surface area contributed by atoms with E-state index >= 15 is 0 Å². The fourth-order valence-electron chi connectivity index (χ4n) is 2.86. The molecule has 100 valence electrons. The van der Waals surface area contributed by atoms with Crippen LogP contribution in [-0.4, -0.2) is 24.5 Å². The zero-order valence-electron chi connectivity index (χ0n) is 11.3. The van der Waals surface area contributed by atoms with Gasteiger partial charge in [-0.1, -0.05) is 43.6 Å². The first-order chi connectivity index (χ1) is 8.63. The van der Waals surface area contributed by atoms with Gasteiger partial charge in [0.15, 0.2) is 0 Å². The summed E-state index contributed by atoms with van der Waals surface area (Å²) in [5.41, 5.74) is 7.15. The smallest absolute Gasteiger partial charge is 0.0485 e. The highest BCUT2D eigenvalue weighted by Crippen LogP contribution is 2.33. The van der Waals surface area contributed by atoms with Gasteiger partial charge in [-0.25, -0.2) is 0 Å². The lowest BCUT2D eigenvalue weighted by molar-refractivity contribution is 0.232. The standard InChI is InChI=1S/C15H23ClN2/c1-11(2)12-7-8-18(10-12)15(9-17)13-5-3-4-6-14(13)16/h3-6,11-12,15H,7-10,17H2,1-2H3. The summed E-state index contributed by atoms with van der Waals surface area (Å²) < 4.78 is 0. The van der Waals surface area contributed by atoms with Crippen LogP contribution in [0.2, 0.25) is 5.02 Å². The maximum atomic E-state index is 6.29. The molecule has 1 aliphatic rings. The molecule has 1 aromatic rings. The second-order valence-corrected chi connectivity index (χ2v) is 5.97. The third-order valence-corrected chi connectivity index (χ3v) is 4.47. The minimum Gasteiger partial charge on any atom is -0.329 e. The van der Waals surface area contributed by atoms with Crippen molar-refractivity contribution in [1.29, 1.82) is 0 Å². The van der Waals surface area contributed by atoms with E-state index in [-0.39, 0.29) is 6.04 Å². The molecule has 0 saturated carbocycles. The van der Waals surface area contributed by atoms with E-state index in [4.69, 9.17) is 17.3 Å². The molecule has 1 saturated heterocycles. The maximum Gasteiger partial charge on any atom is 0.0485 e. The summed E-state index contributed by atoms with van der Waals surface area (Å²) in [6.45, 7) is 7.53. The van der Waals surface area contributed by atoms with E-state index in [1.807, 2.05) is 18.2 Å². The monoisotopic (exact) mass is 266 g/mol. The lowest BCUT2D eigenvalue weighted by atomic mass is 9.95. The Hall–Kier alpha value is -0.570. The minimum atomic E-state index is 0.266. The Bertz CT molecular complexity index is 392. The molecule has 1 fully saturated rings. The largest absolute Gasteiger partial charge is 0.329 e. The third-order valence-electron chi connectivity index (χ3n) is 4.13. The topological polar surface area (TPSA) is 29.3 Å². The van der Waals surface area contributed by atoms with Crippen molar-refractivity contribution < 1.29 is 0 Å². The van der Waals surface area contributed by atoms with Gasteiger partial charge in [-0.2, -0.15) is 0 Å². The first-order valence-electron chi connectivity index (χ1n) is 6.82. The van der Waals surface area contributed by atoms with Crippen LogP contribution in [0.4, 0.5) is 0 Å². The molecule has 18 heavy (non-hydrogen) atoms. The van der Waals surface area contributed by atoms with Crippen molar-refractivity contribution in [3.63, 3.8) is 0 Å². The highest BCUT2D eigenvalue weighted by Gasteiger charge is 2.30. The second kappa shape index (κ2) is 6.05. The lowest BCUT2D eigenvalue weighted by Gasteiger charge is -2.28. The normalized spacial score (nSPS) is 22.6. The van der Waals surface area contributed by atoms with Crippen LogP contribution >= 0.6 is 11.6 Å². The summed E-state index contributed by atoms with van der Waals surface area (Å²) >= 11 is 6.29. The van der Waals surface area contributed by atoms with Crippen molar-refractivity contribution in [1.82, 2.24) is 4.90 Å². The number of rotatable bonds is 4. The van der Waals surface area contributed by atoms with Crippen LogP contribution in [0.3, 0.4) is 0 Å². The molecule has 0 aromatic heterocycles. The Morgan fingerprint density at radius 3 is 2.67 bits per heavy atom. The summed E-state index contributed by atoms with van der Waals surface area (Å²) in [6, 6.07) is 8.33. The van der Waals surface area contributed by atoms with Crippen molar-refractivity contribution in [2.75, 3.05) is 19.6 Å². The highest BCUT2D eigenvalue weighted by atomic mass is 35.5. The average molecular weight is 267 g/mol. The van der Waals surface area contributed by atoms with Crippen molar-refractivity contribution in [3.8, 4) is 0 Å². The summed E-state index contributed by atoms with van der Waals surface area (Å²) in [5.74, 6) is 1.54. The molecule has 0 bridgehead atoms. The van der Waals surface area contributed by atoms with E-state index in [9.17, 15) is 0 Å². The van der Waals surface area contributed by atoms with Gasteiger partial charge in [0, 0.05) is 24.2 Å². The van der Waals surface area contributed by atoms with Gasteiger partial charge in [0.1, 0.15) is 0 Å². The zero-order valence-corrected chi connectivity index (χ0v) is 12.0. The van der Waals surface area contributed by atoms with Gasteiger partial charge in [-0.05, 0) is 36.4 Å². The van der Waals surface area contributed by atoms with Crippen LogP contribution in [0.15, 0.2) is 24.3 Å². The maximum absolute atomic E-state index is 6.29. The fourth-order valence-corrected chi connectivity index (χ4v) is 3.12. The van der Waals surface area contributed by atoms with Gasteiger partial charge in [0.05, 0.1) is 0 Å². The molecule has 2 nitrogen and oxygen atoms in total. The molecule has 1 heterocycles. The fraction of sp³-hybridized carbons (Fsp3) is 0.600. The van der Waals surface area contributed by atoms with Crippen LogP contribution < -0.4 is 5.73 Å². The predicted octanol–water partition coefficient (Wildman–Crippen LogP) is 3.32. The van der Waals surface area contributed by atoms with E-state index in [1.54, 1.807) is 0 Å². The molecule has 2 N–H and O–H groups in total. The quantitative estimate of drug-likeness (QED) is 0.906. The first-order valence-corrected chi connectivity index (χ1v) is 7.19. The Kier molecular flexibility index (Phi) is 4.66. The lowest BCUT2D eigenvalue weighted by Crippen LogP contribution is -2.32. The number of nitrogens with zero attached hydrogens (tertiary/aromatic N) is 1. The van der Waals surface area contributed by atoms with Crippen molar-refractivity contribution in [2.24, 2.45) is 17.6 Å². The van der Waals surface area contributed by atoms with Gasteiger partial charge in [-0.15, -0.1) is 0 Å². The zero-order chi connectivity index (χ0) is 13.1. The molecule has 2 rings (SSSR count). The third kappa shape index (κ3) is 2.87. The van der Waals surface area contributed by atoms with Gasteiger partial charge in [0.25, 0.3) is 0 Å². The molecule has 0 radical (unpaired) electrons. The summed E-state index contributed by atoms with van der Waals surface area (Å²) in [5, 5.41) is 0.834. The Labute approximate surface area is 115 Å². The Balaban J connectivity index is 2.13. The highest BCUT2D eigenvalue weighted by molar-refractivity contribution is 6.31.